The van der Waals surface area contributed by atoms with Gasteiger partial charge in [0.1, 0.15) is 17.3 Å². The van der Waals surface area contributed by atoms with Crippen LogP contribution in [0.1, 0.15) is 88.3 Å². The van der Waals surface area contributed by atoms with Crippen molar-refractivity contribution in [2.75, 3.05) is 39.9 Å². The lowest BCUT2D eigenvalue weighted by Crippen LogP contribution is -2.56. The average molecular weight is 638 g/mol. The molecule has 2 fully saturated rings. The van der Waals surface area contributed by atoms with Gasteiger partial charge in [-0.2, -0.15) is 0 Å². The van der Waals surface area contributed by atoms with Gasteiger partial charge in [-0.3, -0.25) is 14.4 Å². The average Bonchev–Trinajstić information content (AvgIpc) is 3.05. The summed E-state index contributed by atoms with van der Waals surface area (Å²) in [5.74, 6) is -0.945. The molecule has 2 heterocycles. The molecule has 1 aromatic heterocycles. The van der Waals surface area contributed by atoms with Crippen molar-refractivity contribution >= 4 is 23.9 Å². The maximum absolute atomic E-state index is 13.9. The van der Waals surface area contributed by atoms with Gasteiger partial charge in [0, 0.05) is 51.2 Å². The monoisotopic (exact) mass is 637 g/mol. The van der Waals surface area contributed by atoms with Crippen molar-refractivity contribution in [3.8, 4) is 11.4 Å². The Hall–Kier alpha value is -4.06. The van der Waals surface area contributed by atoms with E-state index < -0.39 is 29.6 Å². The second-order valence-corrected chi connectivity index (χ2v) is 12.7. The summed E-state index contributed by atoms with van der Waals surface area (Å²) in [7, 11) is 1.70. The Bertz CT molecular complexity index is 1360. The van der Waals surface area contributed by atoms with Crippen molar-refractivity contribution in [2.45, 2.75) is 89.9 Å². The summed E-state index contributed by atoms with van der Waals surface area (Å²) in [6, 6.07) is 10.1. The van der Waals surface area contributed by atoms with Gasteiger partial charge >= 0.3 is 12.1 Å². The van der Waals surface area contributed by atoms with Crippen molar-refractivity contribution in [1.29, 1.82) is 0 Å². The first-order valence-corrected chi connectivity index (χ1v) is 16.2. The van der Waals surface area contributed by atoms with Crippen LogP contribution in [-0.4, -0.2) is 101 Å². The number of nitrogens with zero attached hydrogens (tertiary/aromatic N) is 4. The van der Waals surface area contributed by atoms with Crippen LogP contribution in [0.4, 0.5) is 4.79 Å². The van der Waals surface area contributed by atoms with Crippen LogP contribution in [0.5, 0.6) is 0 Å². The zero-order valence-electron chi connectivity index (χ0n) is 27.6. The summed E-state index contributed by atoms with van der Waals surface area (Å²) >= 11 is 0. The number of carbonyl (C=O) groups excluding carboxylic acids is 4. The highest BCUT2D eigenvalue weighted by atomic mass is 16.6. The number of methoxy groups -OCH3 is 1. The minimum Gasteiger partial charge on any atom is -0.460 e. The van der Waals surface area contributed by atoms with Gasteiger partial charge in [-0.15, -0.1) is 0 Å². The number of ether oxygens (including phenoxy) is 3. The third-order valence-electron chi connectivity index (χ3n) is 8.17. The Morgan fingerprint density at radius 3 is 2.30 bits per heavy atom. The number of amides is 3. The summed E-state index contributed by atoms with van der Waals surface area (Å²) in [6.45, 7) is 8.47. The maximum atomic E-state index is 13.9. The fourth-order valence-corrected chi connectivity index (χ4v) is 5.89. The van der Waals surface area contributed by atoms with Gasteiger partial charge < -0.3 is 29.3 Å². The molecule has 2 unspecified atom stereocenters. The van der Waals surface area contributed by atoms with E-state index in [2.05, 4.69) is 10.3 Å². The molecule has 0 spiro atoms. The number of nitrogens with one attached hydrogen (secondary N) is 1. The zero-order chi connectivity index (χ0) is 33.3. The summed E-state index contributed by atoms with van der Waals surface area (Å²) in [6.07, 6.45) is 3.38. The van der Waals surface area contributed by atoms with Crippen molar-refractivity contribution in [1.82, 2.24) is 25.1 Å². The Morgan fingerprint density at radius 1 is 0.978 bits per heavy atom. The number of esters is 1. The SMILES string of the molecule is CCOC(=O)N1CCN(C(=O)[C@H](CCC(=O)OC(C)(C)C)NC(=O)c2cc(C3CCCCC3OC)nc(-c3ccccc3)n2)CC1. The van der Waals surface area contributed by atoms with Crippen LogP contribution >= 0.6 is 0 Å². The van der Waals surface area contributed by atoms with E-state index in [0.717, 1.165) is 36.9 Å². The topological polar surface area (TPSA) is 140 Å². The number of hydrogen-bond acceptors (Lipinski definition) is 9. The summed E-state index contributed by atoms with van der Waals surface area (Å²) in [4.78, 5) is 65.2. The first-order chi connectivity index (χ1) is 22.0. The van der Waals surface area contributed by atoms with Gasteiger partial charge in [-0.1, -0.05) is 43.2 Å². The standard InChI is InChI=1S/C34H47N5O7/c1-6-45-33(43)39-20-18-38(19-21-39)32(42)25(16-17-29(40)46-34(2,3)4)37-31(41)27-22-26(24-14-10-11-15-28(24)44-5)35-30(36-27)23-12-8-7-9-13-23/h7-9,12-13,22,24-25,28H,6,10-11,14-21H2,1-5H3,(H,37,41)/t24?,25-,28?/m0/s1. The molecule has 2 aromatic rings. The van der Waals surface area contributed by atoms with E-state index in [9.17, 15) is 19.2 Å². The third kappa shape index (κ3) is 9.48. The molecule has 0 radical (unpaired) electrons. The van der Waals surface area contributed by atoms with E-state index >= 15 is 0 Å². The molecule has 12 nitrogen and oxygen atoms in total. The second-order valence-electron chi connectivity index (χ2n) is 12.7. The molecule has 1 aliphatic heterocycles. The molecule has 1 N–H and O–H groups in total. The number of carbonyl (C=O) groups is 4. The molecule has 250 valence electrons. The number of rotatable bonds is 10. The minimum absolute atomic E-state index is 0.00365. The van der Waals surface area contributed by atoms with Gasteiger partial charge in [-0.25, -0.2) is 14.8 Å². The Kier molecular flexibility index (Phi) is 12.1. The highest BCUT2D eigenvalue weighted by molar-refractivity contribution is 5.96. The first-order valence-electron chi connectivity index (χ1n) is 16.2. The van der Waals surface area contributed by atoms with E-state index in [1.165, 1.54) is 0 Å². The first kappa shape index (κ1) is 34.8. The van der Waals surface area contributed by atoms with Gasteiger partial charge in [0.05, 0.1) is 18.4 Å². The predicted octanol–water partition coefficient (Wildman–Crippen LogP) is 4.34. The molecule has 12 heteroatoms. The lowest BCUT2D eigenvalue weighted by Gasteiger charge is -2.36. The van der Waals surface area contributed by atoms with Gasteiger partial charge in [0.25, 0.3) is 5.91 Å². The number of aromatic nitrogens is 2. The molecule has 3 amide bonds. The maximum Gasteiger partial charge on any atom is 0.409 e. The van der Waals surface area contributed by atoms with Crippen LogP contribution in [0.2, 0.25) is 0 Å². The van der Waals surface area contributed by atoms with E-state index in [1.807, 2.05) is 30.3 Å². The summed E-state index contributed by atoms with van der Waals surface area (Å²) in [5.41, 5.74) is 0.928. The molecule has 2 aliphatic rings. The van der Waals surface area contributed by atoms with Crippen molar-refractivity contribution in [3.05, 3.63) is 47.8 Å². The lowest BCUT2D eigenvalue weighted by atomic mass is 9.83. The Labute approximate surface area is 271 Å². The quantitative estimate of drug-likeness (QED) is 0.377. The van der Waals surface area contributed by atoms with E-state index in [0.29, 0.717) is 18.9 Å². The smallest absolute Gasteiger partial charge is 0.409 e. The van der Waals surface area contributed by atoms with Crippen LogP contribution < -0.4 is 5.32 Å². The molecule has 46 heavy (non-hydrogen) atoms. The largest absolute Gasteiger partial charge is 0.460 e. The van der Waals surface area contributed by atoms with Crippen molar-refractivity contribution in [2.24, 2.45) is 0 Å². The van der Waals surface area contributed by atoms with Gasteiger partial charge in [0.2, 0.25) is 5.91 Å². The van der Waals surface area contributed by atoms with Crippen molar-refractivity contribution < 1.29 is 33.4 Å². The normalized spacial score (nSPS) is 19.2. The molecule has 4 rings (SSSR count). The molecular weight excluding hydrogens is 590 g/mol. The van der Waals surface area contributed by atoms with Crippen molar-refractivity contribution in [3.63, 3.8) is 0 Å². The van der Waals surface area contributed by atoms with Gasteiger partial charge in [0.15, 0.2) is 5.82 Å². The van der Waals surface area contributed by atoms with Crippen LogP contribution in [0.15, 0.2) is 36.4 Å². The Balaban J connectivity index is 1.59. The summed E-state index contributed by atoms with van der Waals surface area (Å²) in [5, 5.41) is 2.87. The molecule has 0 bridgehead atoms. The molecule has 3 atom stereocenters. The number of benzene rings is 1. The van der Waals surface area contributed by atoms with E-state index in [-0.39, 0.29) is 56.2 Å². The van der Waals surface area contributed by atoms with Gasteiger partial charge in [-0.05, 0) is 53.0 Å². The molecule has 1 saturated heterocycles. The van der Waals surface area contributed by atoms with E-state index in [1.54, 1.807) is 50.7 Å². The third-order valence-corrected chi connectivity index (χ3v) is 8.17. The number of hydrogen-bond donors (Lipinski definition) is 1. The zero-order valence-corrected chi connectivity index (χ0v) is 27.6. The predicted molar refractivity (Wildman–Crippen MR) is 171 cm³/mol. The Morgan fingerprint density at radius 2 is 1.65 bits per heavy atom. The summed E-state index contributed by atoms with van der Waals surface area (Å²) < 4.78 is 16.4. The molecular formula is C34H47N5O7. The minimum atomic E-state index is -1.02. The molecule has 1 aliphatic carbocycles. The highest BCUT2D eigenvalue weighted by Gasteiger charge is 2.33. The fraction of sp³-hybridized carbons (Fsp3) is 0.588. The fourth-order valence-electron chi connectivity index (χ4n) is 5.89. The molecule has 1 aromatic carbocycles. The van der Waals surface area contributed by atoms with Crippen LogP contribution in [-0.2, 0) is 23.8 Å². The highest BCUT2D eigenvalue weighted by Crippen LogP contribution is 2.35. The molecule has 1 saturated carbocycles. The second kappa shape index (κ2) is 16.0. The van der Waals surface area contributed by atoms with E-state index in [4.69, 9.17) is 19.2 Å². The van der Waals surface area contributed by atoms with Crippen LogP contribution in [0, 0.1) is 0 Å². The van der Waals surface area contributed by atoms with Crippen LogP contribution in [0.3, 0.4) is 0 Å². The van der Waals surface area contributed by atoms with Crippen LogP contribution in [0.25, 0.3) is 11.4 Å². The lowest BCUT2D eigenvalue weighted by molar-refractivity contribution is -0.155. The number of piperazine rings is 1.